The number of piperidine rings is 1. The smallest absolute Gasteiger partial charge is 0.234 e. The second kappa shape index (κ2) is 8.15. The van der Waals surface area contributed by atoms with Crippen molar-refractivity contribution in [2.45, 2.75) is 44.8 Å². The Bertz CT molecular complexity index is 493. The summed E-state index contributed by atoms with van der Waals surface area (Å²) in [6.07, 6.45) is 3.16. The minimum atomic E-state index is -0.00461. The lowest BCUT2D eigenvalue weighted by molar-refractivity contribution is -0.124. The number of likely N-dealkylation sites (tertiary alicyclic amines) is 1. The summed E-state index contributed by atoms with van der Waals surface area (Å²) in [5.74, 6) is 0.784. The van der Waals surface area contributed by atoms with Crippen molar-refractivity contribution >= 4 is 5.91 Å². The number of amides is 1. The molecule has 1 aliphatic heterocycles. The standard InChI is InChI=1S/C17H26N2O3/c1-13-5-3-7-15(12-20)19(13)11-17(21)18-10-14-6-4-8-16(9-14)22-2/h4,6,8-9,13,15,20H,3,5,7,10-12H2,1-2H3,(H,18,21). The fourth-order valence-corrected chi connectivity index (χ4v) is 3.03. The highest BCUT2D eigenvalue weighted by Gasteiger charge is 2.28. The van der Waals surface area contributed by atoms with Gasteiger partial charge in [-0.15, -0.1) is 0 Å². The molecule has 0 bridgehead atoms. The molecule has 5 heteroatoms. The molecule has 0 radical (unpaired) electrons. The second-order valence-corrected chi connectivity index (χ2v) is 5.92. The monoisotopic (exact) mass is 306 g/mol. The molecule has 2 rings (SSSR count). The highest BCUT2D eigenvalue weighted by atomic mass is 16.5. The van der Waals surface area contributed by atoms with Gasteiger partial charge in [-0.05, 0) is 37.5 Å². The first-order valence-corrected chi connectivity index (χ1v) is 7.90. The number of methoxy groups -OCH3 is 1. The van der Waals surface area contributed by atoms with Gasteiger partial charge in [0.25, 0.3) is 0 Å². The summed E-state index contributed by atoms with van der Waals surface area (Å²) in [5.41, 5.74) is 1.01. The third-order valence-electron chi connectivity index (χ3n) is 4.36. The summed E-state index contributed by atoms with van der Waals surface area (Å²) < 4.78 is 5.18. The number of rotatable bonds is 6. The molecule has 1 amide bonds. The first-order chi connectivity index (χ1) is 10.6. The summed E-state index contributed by atoms with van der Waals surface area (Å²) in [5, 5.41) is 12.4. The van der Waals surface area contributed by atoms with E-state index in [4.69, 9.17) is 4.74 Å². The SMILES string of the molecule is COc1cccc(CNC(=O)CN2C(C)CCCC2CO)c1. The van der Waals surface area contributed by atoms with Crippen LogP contribution in [0.4, 0.5) is 0 Å². The van der Waals surface area contributed by atoms with Crippen molar-refractivity contribution in [1.29, 1.82) is 0 Å². The molecule has 0 aliphatic carbocycles. The number of nitrogens with zero attached hydrogens (tertiary/aromatic N) is 1. The Morgan fingerprint density at radius 3 is 3.00 bits per heavy atom. The van der Waals surface area contributed by atoms with E-state index in [2.05, 4.69) is 17.1 Å². The highest BCUT2D eigenvalue weighted by molar-refractivity contribution is 5.78. The van der Waals surface area contributed by atoms with E-state index in [-0.39, 0.29) is 18.6 Å². The number of benzene rings is 1. The van der Waals surface area contributed by atoms with E-state index < -0.39 is 0 Å². The average molecular weight is 306 g/mol. The Balaban J connectivity index is 1.86. The Labute approximate surface area is 132 Å². The van der Waals surface area contributed by atoms with E-state index in [0.717, 1.165) is 30.6 Å². The van der Waals surface area contributed by atoms with Crippen LogP contribution in [0.3, 0.4) is 0 Å². The van der Waals surface area contributed by atoms with Gasteiger partial charge in [-0.3, -0.25) is 9.69 Å². The number of carbonyl (C=O) groups is 1. The molecule has 1 aromatic rings. The summed E-state index contributed by atoms with van der Waals surface area (Å²) in [6.45, 7) is 3.07. The van der Waals surface area contributed by atoms with Crippen LogP contribution in [0.2, 0.25) is 0 Å². The molecule has 5 nitrogen and oxygen atoms in total. The van der Waals surface area contributed by atoms with Crippen molar-refractivity contribution in [3.05, 3.63) is 29.8 Å². The van der Waals surface area contributed by atoms with Gasteiger partial charge in [0.05, 0.1) is 20.3 Å². The Hall–Kier alpha value is -1.59. The van der Waals surface area contributed by atoms with Gasteiger partial charge in [0.15, 0.2) is 0 Å². The molecule has 2 N–H and O–H groups in total. The lowest BCUT2D eigenvalue weighted by atomic mass is 9.97. The van der Waals surface area contributed by atoms with Crippen molar-refractivity contribution in [1.82, 2.24) is 10.2 Å². The normalized spacial score (nSPS) is 22.3. The van der Waals surface area contributed by atoms with Gasteiger partial charge in [0.1, 0.15) is 5.75 Å². The summed E-state index contributed by atoms with van der Waals surface area (Å²) >= 11 is 0. The van der Waals surface area contributed by atoms with Gasteiger partial charge in [-0.25, -0.2) is 0 Å². The van der Waals surface area contributed by atoms with Crippen LogP contribution in [-0.4, -0.2) is 48.3 Å². The van der Waals surface area contributed by atoms with Gasteiger partial charge >= 0.3 is 0 Å². The maximum atomic E-state index is 12.2. The lowest BCUT2D eigenvalue weighted by Crippen LogP contribution is -2.51. The van der Waals surface area contributed by atoms with Crippen LogP contribution in [0, 0.1) is 0 Å². The topological polar surface area (TPSA) is 61.8 Å². The summed E-state index contributed by atoms with van der Waals surface area (Å²) in [6, 6.07) is 8.12. The number of aliphatic hydroxyl groups excluding tert-OH is 1. The van der Waals surface area contributed by atoms with Crippen LogP contribution in [0.15, 0.2) is 24.3 Å². The van der Waals surface area contributed by atoms with E-state index in [0.29, 0.717) is 19.1 Å². The van der Waals surface area contributed by atoms with Crippen LogP contribution >= 0.6 is 0 Å². The zero-order valence-electron chi connectivity index (χ0n) is 13.4. The number of hydrogen-bond donors (Lipinski definition) is 2. The van der Waals surface area contributed by atoms with Crippen LogP contribution in [0.1, 0.15) is 31.7 Å². The third-order valence-corrected chi connectivity index (χ3v) is 4.36. The van der Waals surface area contributed by atoms with E-state index in [1.807, 2.05) is 24.3 Å². The van der Waals surface area contributed by atoms with Crippen molar-refractivity contribution < 1.29 is 14.6 Å². The van der Waals surface area contributed by atoms with Crippen LogP contribution in [0.5, 0.6) is 5.75 Å². The summed E-state index contributed by atoms with van der Waals surface area (Å²) in [7, 11) is 1.63. The van der Waals surface area contributed by atoms with Crippen molar-refractivity contribution in [3.63, 3.8) is 0 Å². The zero-order chi connectivity index (χ0) is 15.9. The number of carbonyl (C=O) groups excluding carboxylic acids is 1. The van der Waals surface area contributed by atoms with Crippen molar-refractivity contribution in [3.8, 4) is 5.75 Å². The average Bonchev–Trinajstić information content (AvgIpc) is 2.55. The largest absolute Gasteiger partial charge is 0.497 e. The van der Waals surface area contributed by atoms with Crippen LogP contribution in [0.25, 0.3) is 0 Å². The van der Waals surface area contributed by atoms with Gasteiger partial charge in [-0.2, -0.15) is 0 Å². The molecule has 22 heavy (non-hydrogen) atoms. The molecule has 1 fully saturated rings. The minimum Gasteiger partial charge on any atom is -0.497 e. The molecule has 0 saturated carbocycles. The molecule has 122 valence electrons. The van der Waals surface area contributed by atoms with Gasteiger partial charge in [0, 0.05) is 18.6 Å². The molecular weight excluding hydrogens is 280 g/mol. The van der Waals surface area contributed by atoms with Crippen LogP contribution < -0.4 is 10.1 Å². The van der Waals surface area contributed by atoms with E-state index in [9.17, 15) is 9.90 Å². The maximum absolute atomic E-state index is 12.2. The van der Waals surface area contributed by atoms with Gasteiger partial charge in [0.2, 0.25) is 5.91 Å². The Kier molecular flexibility index (Phi) is 6.21. The second-order valence-electron chi connectivity index (χ2n) is 5.92. The number of aliphatic hydroxyl groups is 1. The molecule has 1 heterocycles. The van der Waals surface area contributed by atoms with E-state index in [1.54, 1.807) is 7.11 Å². The van der Waals surface area contributed by atoms with E-state index >= 15 is 0 Å². The third kappa shape index (κ3) is 4.45. The molecule has 1 aromatic carbocycles. The van der Waals surface area contributed by atoms with Crippen LogP contribution in [-0.2, 0) is 11.3 Å². The highest BCUT2D eigenvalue weighted by Crippen LogP contribution is 2.22. The summed E-state index contributed by atoms with van der Waals surface area (Å²) in [4.78, 5) is 14.3. The predicted octanol–water partition coefficient (Wildman–Crippen LogP) is 1.55. The van der Waals surface area contributed by atoms with E-state index in [1.165, 1.54) is 0 Å². The molecule has 1 aliphatic rings. The fraction of sp³-hybridized carbons (Fsp3) is 0.588. The van der Waals surface area contributed by atoms with Crippen molar-refractivity contribution in [2.75, 3.05) is 20.3 Å². The first-order valence-electron chi connectivity index (χ1n) is 7.90. The molecule has 0 aromatic heterocycles. The first kappa shape index (κ1) is 16.8. The molecule has 1 saturated heterocycles. The quantitative estimate of drug-likeness (QED) is 0.837. The zero-order valence-corrected chi connectivity index (χ0v) is 13.4. The number of ether oxygens (including phenoxy) is 1. The molecule has 0 spiro atoms. The fourth-order valence-electron chi connectivity index (χ4n) is 3.03. The van der Waals surface area contributed by atoms with Gasteiger partial charge < -0.3 is 15.2 Å². The van der Waals surface area contributed by atoms with Crippen molar-refractivity contribution in [2.24, 2.45) is 0 Å². The minimum absolute atomic E-state index is 0.00461. The maximum Gasteiger partial charge on any atom is 0.234 e. The Morgan fingerprint density at radius 1 is 1.45 bits per heavy atom. The Morgan fingerprint density at radius 2 is 2.27 bits per heavy atom. The molecule has 2 atom stereocenters. The molecular formula is C17H26N2O3. The predicted molar refractivity (Wildman–Crippen MR) is 85.7 cm³/mol. The lowest BCUT2D eigenvalue weighted by Gasteiger charge is -2.39. The van der Waals surface area contributed by atoms with Gasteiger partial charge in [-0.1, -0.05) is 18.6 Å². The molecule has 2 unspecified atom stereocenters. The number of hydrogen-bond acceptors (Lipinski definition) is 4. The number of nitrogens with one attached hydrogen (secondary N) is 1.